The van der Waals surface area contributed by atoms with E-state index < -0.39 is 8.32 Å². The molecule has 2 aliphatic rings. The number of hydrogen-bond acceptors (Lipinski definition) is 1. The smallest absolute Gasteiger partial charge is 0.184 e. The van der Waals surface area contributed by atoms with Gasteiger partial charge in [-0.05, 0) is 57.5 Å². The zero-order valence-corrected chi connectivity index (χ0v) is 13.9. The van der Waals surface area contributed by atoms with Crippen molar-refractivity contribution in [3.8, 4) is 0 Å². The SMILES string of the molecule is CC(O[Si](C)(C)C)C(C)(C1=CCC=C1)C1=CCC=C1. The van der Waals surface area contributed by atoms with Crippen LogP contribution in [-0.4, -0.2) is 14.4 Å². The van der Waals surface area contributed by atoms with E-state index in [1.165, 1.54) is 11.1 Å². The molecule has 0 bridgehead atoms. The van der Waals surface area contributed by atoms with Crippen molar-refractivity contribution in [3.05, 3.63) is 47.6 Å². The quantitative estimate of drug-likeness (QED) is 0.641. The lowest BCUT2D eigenvalue weighted by molar-refractivity contribution is 0.125. The standard InChI is InChI=1S/C17H26OSi/c1-14(18-19(3,4)5)17(2,15-10-6-7-11-15)16-12-8-9-13-16/h6,8,10-14H,7,9H2,1-5H3. The molecule has 0 fully saturated rings. The van der Waals surface area contributed by atoms with E-state index in [2.05, 4.69) is 69.9 Å². The van der Waals surface area contributed by atoms with E-state index in [1.54, 1.807) is 0 Å². The molecule has 0 amide bonds. The highest BCUT2D eigenvalue weighted by Crippen LogP contribution is 2.45. The summed E-state index contributed by atoms with van der Waals surface area (Å²) in [6.07, 6.45) is 16.1. The molecule has 0 aromatic carbocycles. The molecule has 0 saturated carbocycles. The normalized spacial score (nSPS) is 20.7. The molecule has 0 spiro atoms. The molecule has 2 aliphatic carbocycles. The molecule has 0 saturated heterocycles. The monoisotopic (exact) mass is 274 g/mol. The summed E-state index contributed by atoms with van der Waals surface area (Å²) in [6, 6.07) is 0. The van der Waals surface area contributed by atoms with Crippen LogP contribution in [-0.2, 0) is 4.43 Å². The first kappa shape index (κ1) is 14.5. The van der Waals surface area contributed by atoms with Crippen molar-refractivity contribution in [2.75, 3.05) is 0 Å². The van der Waals surface area contributed by atoms with Crippen LogP contribution in [0.1, 0.15) is 26.7 Å². The maximum atomic E-state index is 6.42. The molecule has 0 radical (unpaired) electrons. The van der Waals surface area contributed by atoms with E-state index in [1.807, 2.05) is 0 Å². The highest BCUT2D eigenvalue weighted by Gasteiger charge is 2.40. The Hall–Kier alpha value is -0.863. The van der Waals surface area contributed by atoms with Crippen LogP contribution in [0, 0.1) is 5.41 Å². The second kappa shape index (κ2) is 5.26. The molecule has 1 unspecified atom stereocenters. The van der Waals surface area contributed by atoms with E-state index in [0.29, 0.717) is 0 Å². The van der Waals surface area contributed by atoms with Crippen LogP contribution in [0.15, 0.2) is 47.6 Å². The molecule has 2 heteroatoms. The molecule has 19 heavy (non-hydrogen) atoms. The minimum absolute atomic E-state index is 0.0136. The Labute approximate surface area is 118 Å². The molecule has 0 heterocycles. The lowest BCUT2D eigenvalue weighted by Gasteiger charge is -2.40. The second-order valence-corrected chi connectivity index (χ2v) is 11.1. The summed E-state index contributed by atoms with van der Waals surface area (Å²) in [4.78, 5) is 0. The van der Waals surface area contributed by atoms with E-state index in [4.69, 9.17) is 4.43 Å². The highest BCUT2D eigenvalue weighted by atomic mass is 28.4. The third-order valence-corrected chi connectivity index (χ3v) is 5.15. The van der Waals surface area contributed by atoms with Gasteiger partial charge in [-0.3, -0.25) is 0 Å². The summed E-state index contributed by atoms with van der Waals surface area (Å²) in [7, 11) is -1.53. The summed E-state index contributed by atoms with van der Waals surface area (Å²) >= 11 is 0. The summed E-state index contributed by atoms with van der Waals surface area (Å²) in [5, 5.41) is 0. The van der Waals surface area contributed by atoms with Gasteiger partial charge in [-0.2, -0.15) is 0 Å². The molecule has 1 nitrogen and oxygen atoms in total. The fourth-order valence-corrected chi connectivity index (χ4v) is 4.27. The highest BCUT2D eigenvalue weighted by molar-refractivity contribution is 6.69. The van der Waals surface area contributed by atoms with Crippen LogP contribution in [0.2, 0.25) is 19.6 Å². The lowest BCUT2D eigenvalue weighted by atomic mass is 9.72. The third kappa shape index (κ3) is 3.01. The first-order chi connectivity index (χ1) is 8.84. The minimum Gasteiger partial charge on any atom is -0.414 e. The van der Waals surface area contributed by atoms with Crippen LogP contribution in [0.25, 0.3) is 0 Å². The summed E-state index contributed by atoms with van der Waals surface area (Å²) in [6.45, 7) is 11.4. The molecule has 2 rings (SSSR count). The number of rotatable bonds is 5. The molecule has 0 aliphatic heterocycles. The van der Waals surface area contributed by atoms with Crippen LogP contribution in [0.4, 0.5) is 0 Å². The Morgan fingerprint density at radius 1 is 1.05 bits per heavy atom. The third-order valence-electron chi connectivity index (χ3n) is 4.09. The van der Waals surface area contributed by atoms with Gasteiger partial charge in [0.15, 0.2) is 8.32 Å². The Bertz CT molecular complexity index is 430. The van der Waals surface area contributed by atoms with E-state index >= 15 is 0 Å². The van der Waals surface area contributed by atoms with Crippen LogP contribution < -0.4 is 0 Å². The van der Waals surface area contributed by atoms with Gasteiger partial charge in [-0.1, -0.05) is 36.5 Å². The molecule has 0 N–H and O–H groups in total. The Balaban J connectivity index is 2.34. The van der Waals surface area contributed by atoms with Crippen LogP contribution in [0.3, 0.4) is 0 Å². The summed E-state index contributed by atoms with van der Waals surface area (Å²) in [5.74, 6) is 0. The fraction of sp³-hybridized carbons (Fsp3) is 0.529. The molecule has 104 valence electrons. The van der Waals surface area contributed by atoms with Gasteiger partial charge in [0.2, 0.25) is 0 Å². The molecule has 0 aromatic rings. The minimum atomic E-state index is -1.53. The van der Waals surface area contributed by atoms with E-state index in [9.17, 15) is 0 Å². The molecular formula is C17H26OSi. The fourth-order valence-electron chi connectivity index (χ4n) is 2.97. The average Bonchev–Trinajstić information content (AvgIpc) is 2.99. The first-order valence-electron chi connectivity index (χ1n) is 7.26. The van der Waals surface area contributed by atoms with Gasteiger partial charge in [0, 0.05) is 5.41 Å². The van der Waals surface area contributed by atoms with Crippen molar-refractivity contribution in [2.24, 2.45) is 5.41 Å². The first-order valence-corrected chi connectivity index (χ1v) is 10.7. The van der Waals surface area contributed by atoms with Crippen molar-refractivity contribution < 1.29 is 4.43 Å². The van der Waals surface area contributed by atoms with Gasteiger partial charge in [0.1, 0.15) is 0 Å². The van der Waals surface area contributed by atoms with E-state index in [0.717, 1.165) is 12.8 Å². The van der Waals surface area contributed by atoms with Gasteiger partial charge < -0.3 is 4.43 Å². The largest absolute Gasteiger partial charge is 0.414 e. The van der Waals surface area contributed by atoms with Crippen LogP contribution in [0.5, 0.6) is 0 Å². The predicted molar refractivity (Wildman–Crippen MR) is 85.7 cm³/mol. The van der Waals surface area contributed by atoms with Crippen molar-refractivity contribution in [1.82, 2.24) is 0 Å². The van der Waals surface area contributed by atoms with Gasteiger partial charge in [0.25, 0.3) is 0 Å². The van der Waals surface area contributed by atoms with Crippen molar-refractivity contribution in [2.45, 2.75) is 52.4 Å². The summed E-state index contributed by atoms with van der Waals surface area (Å²) < 4.78 is 6.42. The molecular weight excluding hydrogens is 248 g/mol. The van der Waals surface area contributed by atoms with Gasteiger partial charge >= 0.3 is 0 Å². The van der Waals surface area contributed by atoms with Crippen molar-refractivity contribution in [1.29, 1.82) is 0 Å². The Kier molecular flexibility index (Phi) is 4.02. The Morgan fingerprint density at radius 2 is 1.53 bits per heavy atom. The second-order valence-electron chi connectivity index (χ2n) is 6.67. The average molecular weight is 274 g/mol. The van der Waals surface area contributed by atoms with Crippen molar-refractivity contribution >= 4 is 8.32 Å². The van der Waals surface area contributed by atoms with Crippen molar-refractivity contribution in [3.63, 3.8) is 0 Å². The van der Waals surface area contributed by atoms with Gasteiger partial charge in [-0.25, -0.2) is 0 Å². The predicted octanol–water partition coefficient (Wildman–Crippen LogP) is 5.01. The summed E-state index contributed by atoms with van der Waals surface area (Å²) in [5.41, 5.74) is 2.81. The Morgan fingerprint density at radius 3 is 1.84 bits per heavy atom. The van der Waals surface area contributed by atoms with E-state index in [-0.39, 0.29) is 11.5 Å². The lowest BCUT2D eigenvalue weighted by Crippen LogP contribution is -2.41. The topological polar surface area (TPSA) is 9.23 Å². The van der Waals surface area contributed by atoms with Crippen LogP contribution >= 0.6 is 0 Å². The zero-order chi connectivity index (χ0) is 14.1. The van der Waals surface area contributed by atoms with Gasteiger partial charge in [0.05, 0.1) is 6.10 Å². The number of hydrogen-bond donors (Lipinski definition) is 0. The zero-order valence-electron chi connectivity index (χ0n) is 12.9. The maximum absolute atomic E-state index is 6.42. The van der Waals surface area contributed by atoms with Gasteiger partial charge in [-0.15, -0.1) is 0 Å². The maximum Gasteiger partial charge on any atom is 0.184 e. The molecule has 0 aromatic heterocycles. The number of allylic oxidation sites excluding steroid dienone is 6. The molecule has 1 atom stereocenters.